The number of thiophene rings is 1. The minimum absolute atomic E-state index is 0.0413. The van der Waals surface area contributed by atoms with Crippen LogP contribution in [0.15, 0.2) is 47.1 Å². The molecule has 30 heavy (non-hydrogen) atoms. The molecule has 4 aromatic rings. The standard InChI is InChI=1S/C21H15F2N3O3S/c1-26-10-14(18-12(20(26)27)2-5-30-18)13-6-11(21(28)3-4-21)7-25-19(13)29-17-15(22)8-24-9-16(17)23/h2,5-10,28H,3-4H2,1H3. The smallest absolute Gasteiger partial charge is 0.259 e. The van der Waals surface area contributed by atoms with Gasteiger partial charge in [0.2, 0.25) is 11.6 Å². The van der Waals surface area contributed by atoms with Crippen molar-refractivity contribution in [1.29, 1.82) is 0 Å². The first kappa shape index (κ1) is 18.8. The average Bonchev–Trinajstić information content (AvgIpc) is 3.28. The summed E-state index contributed by atoms with van der Waals surface area (Å²) in [6, 6.07) is 3.42. The van der Waals surface area contributed by atoms with Crippen LogP contribution in [-0.4, -0.2) is 19.6 Å². The van der Waals surface area contributed by atoms with E-state index in [2.05, 4.69) is 9.97 Å². The Morgan fingerprint density at radius 2 is 1.93 bits per heavy atom. The molecule has 0 saturated heterocycles. The molecule has 0 atom stereocenters. The Kier molecular flexibility index (Phi) is 4.19. The molecule has 1 fully saturated rings. The highest BCUT2D eigenvalue weighted by atomic mass is 32.1. The predicted octanol–water partition coefficient (Wildman–Crippen LogP) is 4.11. The van der Waals surface area contributed by atoms with E-state index in [9.17, 15) is 18.7 Å². The second-order valence-electron chi connectivity index (χ2n) is 7.26. The van der Waals surface area contributed by atoms with Crippen molar-refractivity contribution in [3.05, 3.63) is 69.9 Å². The number of hydrogen-bond donors (Lipinski definition) is 1. The van der Waals surface area contributed by atoms with Gasteiger partial charge in [-0.15, -0.1) is 11.3 Å². The molecule has 0 radical (unpaired) electrons. The Labute approximate surface area is 173 Å². The molecule has 1 N–H and O–H groups in total. The molecule has 152 valence electrons. The number of aromatic nitrogens is 3. The molecule has 1 aliphatic carbocycles. The van der Waals surface area contributed by atoms with Gasteiger partial charge in [0.05, 0.1) is 23.4 Å². The lowest BCUT2D eigenvalue weighted by molar-refractivity contribution is 0.151. The number of aryl methyl sites for hydroxylation is 1. The average molecular weight is 427 g/mol. The Bertz CT molecular complexity index is 1340. The van der Waals surface area contributed by atoms with Crippen molar-refractivity contribution in [2.75, 3.05) is 0 Å². The molecule has 4 aromatic heterocycles. The molecular formula is C21H15F2N3O3S. The second kappa shape index (κ2) is 6.68. The van der Waals surface area contributed by atoms with Crippen LogP contribution in [-0.2, 0) is 12.6 Å². The predicted molar refractivity (Wildman–Crippen MR) is 108 cm³/mol. The monoisotopic (exact) mass is 427 g/mol. The number of fused-ring (bicyclic) bond motifs is 1. The summed E-state index contributed by atoms with van der Waals surface area (Å²) in [6.07, 6.45) is 5.97. The Morgan fingerprint density at radius 3 is 2.63 bits per heavy atom. The Balaban J connectivity index is 1.75. The molecule has 1 aliphatic rings. The van der Waals surface area contributed by atoms with E-state index in [0.29, 0.717) is 39.6 Å². The van der Waals surface area contributed by atoms with Crippen LogP contribution in [0.3, 0.4) is 0 Å². The van der Waals surface area contributed by atoms with Crippen molar-refractivity contribution in [3.8, 4) is 22.8 Å². The zero-order chi connectivity index (χ0) is 21.0. The topological polar surface area (TPSA) is 77.2 Å². The van der Waals surface area contributed by atoms with Crippen molar-refractivity contribution in [2.45, 2.75) is 18.4 Å². The normalized spacial score (nSPS) is 14.8. The largest absolute Gasteiger partial charge is 0.432 e. The highest BCUT2D eigenvalue weighted by Crippen LogP contribution is 2.47. The van der Waals surface area contributed by atoms with Crippen LogP contribution in [0, 0.1) is 11.6 Å². The van der Waals surface area contributed by atoms with Crippen LogP contribution in [0.25, 0.3) is 21.2 Å². The van der Waals surface area contributed by atoms with Crippen molar-refractivity contribution < 1.29 is 18.6 Å². The molecule has 0 amide bonds. The zero-order valence-electron chi connectivity index (χ0n) is 15.7. The first-order valence-corrected chi connectivity index (χ1v) is 10.0. The van der Waals surface area contributed by atoms with E-state index in [4.69, 9.17) is 4.74 Å². The Morgan fingerprint density at radius 1 is 1.20 bits per heavy atom. The van der Waals surface area contributed by atoms with Crippen LogP contribution in [0.5, 0.6) is 11.6 Å². The van der Waals surface area contributed by atoms with Crippen LogP contribution in [0.4, 0.5) is 8.78 Å². The van der Waals surface area contributed by atoms with E-state index < -0.39 is 23.0 Å². The summed E-state index contributed by atoms with van der Waals surface area (Å²) in [5.41, 5.74) is 0.493. The molecule has 0 bridgehead atoms. The molecule has 9 heteroatoms. The highest BCUT2D eigenvalue weighted by Gasteiger charge is 2.43. The molecule has 0 aromatic carbocycles. The van der Waals surface area contributed by atoms with Crippen LogP contribution in [0.2, 0.25) is 0 Å². The maximum Gasteiger partial charge on any atom is 0.259 e. The minimum atomic E-state index is -0.970. The fourth-order valence-electron chi connectivity index (χ4n) is 3.36. The van der Waals surface area contributed by atoms with Crippen molar-refractivity contribution >= 4 is 21.4 Å². The summed E-state index contributed by atoms with van der Waals surface area (Å²) in [7, 11) is 1.62. The van der Waals surface area contributed by atoms with E-state index in [1.807, 2.05) is 0 Å². The van der Waals surface area contributed by atoms with Crippen molar-refractivity contribution in [2.24, 2.45) is 7.05 Å². The van der Waals surface area contributed by atoms with Gasteiger partial charge < -0.3 is 14.4 Å². The van der Waals surface area contributed by atoms with Crippen molar-refractivity contribution in [3.63, 3.8) is 0 Å². The molecular weight excluding hydrogens is 412 g/mol. The third-order valence-electron chi connectivity index (χ3n) is 5.19. The second-order valence-corrected chi connectivity index (χ2v) is 8.18. The van der Waals surface area contributed by atoms with Crippen LogP contribution in [0.1, 0.15) is 18.4 Å². The highest BCUT2D eigenvalue weighted by molar-refractivity contribution is 7.17. The third kappa shape index (κ3) is 2.98. The molecule has 1 saturated carbocycles. The van der Waals surface area contributed by atoms with Crippen LogP contribution >= 0.6 is 11.3 Å². The van der Waals surface area contributed by atoms with Gasteiger partial charge in [-0.1, -0.05) is 0 Å². The first-order chi connectivity index (χ1) is 14.4. The molecule has 5 rings (SSSR count). The minimum Gasteiger partial charge on any atom is -0.432 e. The lowest BCUT2D eigenvalue weighted by Crippen LogP contribution is -2.16. The molecule has 0 unspecified atom stereocenters. The fourth-order valence-corrected chi connectivity index (χ4v) is 4.27. The third-order valence-corrected chi connectivity index (χ3v) is 6.14. The fraction of sp³-hybridized carbons (Fsp3) is 0.190. The summed E-state index contributed by atoms with van der Waals surface area (Å²) in [5, 5.41) is 12.9. The first-order valence-electron chi connectivity index (χ1n) is 9.14. The lowest BCUT2D eigenvalue weighted by Gasteiger charge is -2.16. The van der Waals surface area contributed by atoms with E-state index >= 15 is 0 Å². The van der Waals surface area contributed by atoms with Gasteiger partial charge in [0.25, 0.3) is 5.56 Å². The van der Waals surface area contributed by atoms with Gasteiger partial charge in [-0.25, -0.2) is 13.8 Å². The summed E-state index contributed by atoms with van der Waals surface area (Å²) in [4.78, 5) is 20.2. The van der Waals surface area contributed by atoms with Crippen LogP contribution < -0.4 is 10.3 Å². The maximum atomic E-state index is 14.1. The van der Waals surface area contributed by atoms with E-state index in [1.165, 1.54) is 22.1 Å². The number of rotatable bonds is 4. The number of aliphatic hydroxyl groups is 1. The number of ether oxygens (including phenoxy) is 1. The van der Waals surface area contributed by atoms with E-state index in [-0.39, 0.29) is 11.4 Å². The van der Waals surface area contributed by atoms with Gasteiger partial charge in [0.1, 0.15) is 0 Å². The SMILES string of the molecule is Cn1cc(-c2cc(C3(O)CC3)cnc2Oc2c(F)cncc2F)c2sccc2c1=O. The van der Waals surface area contributed by atoms with E-state index in [1.54, 1.807) is 30.8 Å². The van der Waals surface area contributed by atoms with Gasteiger partial charge in [-0.3, -0.25) is 9.78 Å². The number of halogens is 2. The number of pyridine rings is 3. The van der Waals surface area contributed by atoms with Gasteiger partial charge in [0, 0.05) is 40.8 Å². The van der Waals surface area contributed by atoms with E-state index in [0.717, 1.165) is 12.4 Å². The number of nitrogens with zero attached hydrogens (tertiary/aromatic N) is 3. The summed E-state index contributed by atoms with van der Waals surface area (Å²) in [5.74, 6) is -2.59. The molecule has 6 nitrogen and oxygen atoms in total. The quantitative estimate of drug-likeness (QED) is 0.530. The summed E-state index contributed by atoms with van der Waals surface area (Å²) >= 11 is 1.36. The van der Waals surface area contributed by atoms with Gasteiger partial charge >= 0.3 is 0 Å². The summed E-state index contributed by atoms with van der Waals surface area (Å²) < 4.78 is 35.9. The summed E-state index contributed by atoms with van der Waals surface area (Å²) in [6.45, 7) is 0. The van der Waals surface area contributed by atoms with Gasteiger partial charge in [0.15, 0.2) is 11.6 Å². The Hall–Kier alpha value is -3.17. The van der Waals surface area contributed by atoms with Gasteiger partial charge in [-0.05, 0) is 30.4 Å². The van der Waals surface area contributed by atoms with Gasteiger partial charge in [-0.2, -0.15) is 0 Å². The lowest BCUT2D eigenvalue weighted by atomic mass is 10.0. The number of hydrogen-bond acceptors (Lipinski definition) is 6. The molecule has 4 heterocycles. The zero-order valence-corrected chi connectivity index (χ0v) is 16.5. The van der Waals surface area contributed by atoms with Crippen molar-refractivity contribution in [1.82, 2.24) is 14.5 Å². The molecule has 0 spiro atoms. The molecule has 0 aliphatic heterocycles. The maximum absolute atomic E-state index is 14.1.